The SMILES string of the molecule is COCCCOCCC(CO)(CO)c1ccc(C)cc1. The molecule has 0 fully saturated rings. The zero-order valence-corrected chi connectivity index (χ0v) is 12.5. The number of ether oxygens (including phenoxy) is 2. The smallest absolute Gasteiger partial charge is 0.0550 e. The van der Waals surface area contributed by atoms with Gasteiger partial charge in [-0.05, 0) is 25.3 Å². The summed E-state index contributed by atoms with van der Waals surface area (Å²) in [6.45, 7) is 3.67. The Kier molecular flexibility index (Phi) is 7.77. The number of benzene rings is 1. The lowest BCUT2D eigenvalue weighted by Gasteiger charge is -2.30. The van der Waals surface area contributed by atoms with Gasteiger partial charge >= 0.3 is 0 Å². The number of hydrogen-bond acceptors (Lipinski definition) is 4. The highest BCUT2D eigenvalue weighted by Gasteiger charge is 2.30. The van der Waals surface area contributed by atoms with Crippen LogP contribution >= 0.6 is 0 Å². The van der Waals surface area contributed by atoms with E-state index in [9.17, 15) is 10.2 Å². The predicted octanol–water partition coefficient (Wildman–Crippen LogP) is 1.66. The first-order valence-electron chi connectivity index (χ1n) is 7.04. The number of aliphatic hydroxyl groups excluding tert-OH is 2. The minimum absolute atomic E-state index is 0.0893. The van der Waals surface area contributed by atoms with Gasteiger partial charge < -0.3 is 19.7 Å². The van der Waals surface area contributed by atoms with Crippen molar-refractivity contribution in [2.45, 2.75) is 25.2 Å². The molecule has 0 unspecified atom stereocenters. The van der Waals surface area contributed by atoms with Crippen molar-refractivity contribution in [3.05, 3.63) is 35.4 Å². The number of rotatable bonds is 10. The van der Waals surface area contributed by atoms with Crippen molar-refractivity contribution in [3.63, 3.8) is 0 Å². The highest BCUT2D eigenvalue weighted by Crippen LogP contribution is 2.27. The second-order valence-corrected chi connectivity index (χ2v) is 5.17. The van der Waals surface area contributed by atoms with Gasteiger partial charge in [-0.15, -0.1) is 0 Å². The molecule has 1 rings (SSSR count). The Hall–Kier alpha value is -0.940. The molecule has 2 N–H and O–H groups in total. The summed E-state index contributed by atoms with van der Waals surface area (Å²) in [7, 11) is 1.67. The van der Waals surface area contributed by atoms with Gasteiger partial charge in [-0.25, -0.2) is 0 Å². The van der Waals surface area contributed by atoms with E-state index in [2.05, 4.69) is 0 Å². The molecule has 20 heavy (non-hydrogen) atoms. The summed E-state index contributed by atoms with van der Waals surface area (Å²) < 4.78 is 10.5. The molecule has 0 saturated heterocycles. The van der Waals surface area contributed by atoms with E-state index in [4.69, 9.17) is 9.47 Å². The average molecular weight is 282 g/mol. The Balaban J connectivity index is 2.56. The van der Waals surface area contributed by atoms with Crippen molar-refractivity contribution in [1.29, 1.82) is 0 Å². The molecule has 0 aliphatic heterocycles. The summed E-state index contributed by atoms with van der Waals surface area (Å²) in [5.74, 6) is 0. The van der Waals surface area contributed by atoms with E-state index in [0.717, 1.165) is 17.5 Å². The predicted molar refractivity (Wildman–Crippen MR) is 79.0 cm³/mol. The lowest BCUT2D eigenvalue weighted by molar-refractivity contribution is 0.0547. The quantitative estimate of drug-likeness (QED) is 0.641. The van der Waals surface area contributed by atoms with Crippen LogP contribution in [0, 0.1) is 6.92 Å². The average Bonchev–Trinajstić information content (AvgIpc) is 2.48. The summed E-state index contributed by atoms with van der Waals surface area (Å²) in [6.07, 6.45) is 1.45. The van der Waals surface area contributed by atoms with E-state index in [1.165, 1.54) is 0 Å². The first-order chi connectivity index (χ1) is 9.68. The van der Waals surface area contributed by atoms with Crippen LogP contribution in [-0.2, 0) is 14.9 Å². The fourth-order valence-corrected chi connectivity index (χ4v) is 2.12. The van der Waals surface area contributed by atoms with Gasteiger partial charge in [0.05, 0.1) is 13.2 Å². The van der Waals surface area contributed by atoms with Crippen molar-refractivity contribution in [2.24, 2.45) is 0 Å². The van der Waals surface area contributed by atoms with E-state index in [0.29, 0.717) is 26.2 Å². The third kappa shape index (κ3) is 4.87. The zero-order valence-electron chi connectivity index (χ0n) is 12.5. The van der Waals surface area contributed by atoms with Crippen LogP contribution in [0.5, 0.6) is 0 Å². The summed E-state index contributed by atoms with van der Waals surface area (Å²) in [5, 5.41) is 19.4. The molecule has 0 bridgehead atoms. The lowest BCUT2D eigenvalue weighted by atomic mass is 9.79. The van der Waals surface area contributed by atoms with Crippen LogP contribution in [0.2, 0.25) is 0 Å². The number of aryl methyl sites for hydroxylation is 1. The number of aliphatic hydroxyl groups is 2. The minimum Gasteiger partial charge on any atom is -0.395 e. The molecular formula is C16H26O4. The standard InChI is InChI=1S/C16H26O4/c1-14-4-6-15(7-5-14)16(12-17,13-18)8-11-20-10-3-9-19-2/h4-7,17-18H,3,8-13H2,1-2H3. The van der Waals surface area contributed by atoms with Gasteiger partial charge in [0.15, 0.2) is 0 Å². The van der Waals surface area contributed by atoms with E-state index >= 15 is 0 Å². The van der Waals surface area contributed by atoms with E-state index in [-0.39, 0.29) is 13.2 Å². The number of methoxy groups -OCH3 is 1. The van der Waals surface area contributed by atoms with E-state index < -0.39 is 5.41 Å². The molecular weight excluding hydrogens is 256 g/mol. The van der Waals surface area contributed by atoms with Crippen molar-refractivity contribution >= 4 is 0 Å². The van der Waals surface area contributed by atoms with Crippen LogP contribution in [0.15, 0.2) is 24.3 Å². The highest BCUT2D eigenvalue weighted by atomic mass is 16.5. The first kappa shape index (κ1) is 17.1. The van der Waals surface area contributed by atoms with Crippen LogP contribution < -0.4 is 0 Å². The molecule has 0 atom stereocenters. The molecule has 0 aliphatic rings. The van der Waals surface area contributed by atoms with Gasteiger partial charge in [0.1, 0.15) is 0 Å². The van der Waals surface area contributed by atoms with Crippen LogP contribution in [-0.4, -0.2) is 50.4 Å². The third-order valence-electron chi connectivity index (χ3n) is 3.63. The molecule has 114 valence electrons. The van der Waals surface area contributed by atoms with Gasteiger partial charge in [-0.2, -0.15) is 0 Å². The largest absolute Gasteiger partial charge is 0.395 e. The Bertz CT molecular complexity index is 357. The van der Waals surface area contributed by atoms with Crippen LogP contribution in [0.1, 0.15) is 24.0 Å². The lowest BCUT2D eigenvalue weighted by Crippen LogP contribution is -2.36. The van der Waals surface area contributed by atoms with Crippen molar-refractivity contribution in [2.75, 3.05) is 40.1 Å². The molecule has 0 spiro atoms. The van der Waals surface area contributed by atoms with Crippen molar-refractivity contribution < 1.29 is 19.7 Å². The molecule has 0 heterocycles. The van der Waals surface area contributed by atoms with Crippen LogP contribution in [0.25, 0.3) is 0 Å². The molecule has 4 heteroatoms. The molecule has 0 aromatic heterocycles. The van der Waals surface area contributed by atoms with Gasteiger partial charge in [0.2, 0.25) is 0 Å². The summed E-state index contributed by atoms with van der Waals surface area (Å²) >= 11 is 0. The second-order valence-electron chi connectivity index (χ2n) is 5.17. The zero-order chi connectivity index (χ0) is 14.8. The Labute approximate surface area is 121 Å². The molecule has 0 radical (unpaired) electrons. The Morgan fingerprint density at radius 1 is 1.00 bits per heavy atom. The topological polar surface area (TPSA) is 58.9 Å². The first-order valence-corrected chi connectivity index (χ1v) is 7.04. The minimum atomic E-state index is -0.630. The monoisotopic (exact) mass is 282 g/mol. The Morgan fingerprint density at radius 3 is 2.20 bits per heavy atom. The van der Waals surface area contributed by atoms with Crippen molar-refractivity contribution in [3.8, 4) is 0 Å². The van der Waals surface area contributed by atoms with Crippen molar-refractivity contribution in [1.82, 2.24) is 0 Å². The molecule has 1 aromatic rings. The molecule has 1 aromatic carbocycles. The van der Waals surface area contributed by atoms with Gasteiger partial charge in [0, 0.05) is 32.3 Å². The molecule has 4 nitrogen and oxygen atoms in total. The fraction of sp³-hybridized carbons (Fsp3) is 0.625. The van der Waals surface area contributed by atoms with Gasteiger partial charge in [-0.3, -0.25) is 0 Å². The fourth-order valence-electron chi connectivity index (χ4n) is 2.12. The third-order valence-corrected chi connectivity index (χ3v) is 3.63. The maximum absolute atomic E-state index is 9.70. The highest BCUT2D eigenvalue weighted by molar-refractivity contribution is 5.29. The summed E-state index contributed by atoms with van der Waals surface area (Å²) in [5.41, 5.74) is 1.48. The molecule has 0 saturated carbocycles. The van der Waals surface area contributed by atoms with Crippen LogP contribution in [0.4, 0.5) is 0 Å². The van der Waals surface area contributed by atoms with Crippen LogP contribution in [0.3, 0.4) is 0 Å². The van der Waals surface area contributed by atoms with E-state index in [1.807, 2.05) is 31.2 Å². The summed E-state index contributed by atoms with van der Waals surface area (Å²) in [4.78, 5) is 0. The maximum Gasteiger partial charge on any atom is 0.0550 e. The van der Waals surface area contributed by atoms with E-state index in [1.54, 1.807) is 7.11 Å². The summed E-state index contributed by atoms with van der Waals surface area (Å²) in [6, 6.07) is 7.92. The van der Waals surface area contributed by atoms with Gasteiger partial charge in [-0.1, -0.05) is 29.8 Å². The van der Waals surface area contributed by atoms with Gasteiger partial charge in [0.25, 0.3) is 0 Å². The maximum atomic E-state index is 9.70. The molecule has 0 amide bonds. The normalized spacial score (nSPS) is 11.8. The second kappa shape index (κ2) is 9.08. The Morgan fingerprint density at radius 2 is 1.65 bits per heavy atom. The molecule has 0 aliphatic carbocycles. The number of hydrogen-bond donors (Lipinski definition) is 2.